The van der Waals surface area contributed by atoms with Gasteiger partial charge in [-0.05, 0) is 51.2 Å². The minimum Gasteiger partial charge on any atom is -0.780 e. The maximum atomic E-state index is 14.1. The number of carbonyl (C=O) groups excluding carboxylic acids is 4. The molecule has 24 heteroatoms. The molecule has 450 valence electrons. The van der Waals surface area contributed by atoms with E-state index >= 15 is 0 Å². The first-order chi connectivity index (χ1) is 38.8. The number of unbranched alkanes of at least 4 members (excludes halogenated alkanes) is 5. The summed E-state index contributed by atoms with van der Waals surface area (Å²) < 4.78 is 50.9. The highest BCUT2D eigenvalue weighted by Gasteiger charge is 2.29. The van der Waals surface area contributed by atoms with Crippen LogP contribution in [-0.4, -0.2) is 176 Å². The van der Waals surface area contributed by atoms with Crippen molar-refractivity contribution in [1.82, 2.24) is 36.3 Å². The Morgan fingerprint density at radius 1 is 0.575 bits per heavy atom. The molecule has 0 saturated carbocycles. The summed E-state index contributed by atoms with van der Waals surface area (Å²) in [7, 11) is 0. The van der Waals surface area contributed by atoms with Crippen LogP contribution in [0.4, 0.5) is 5.69 Å². The second-order valence-electron chi connectivity index (χ2n) is 19.5. The lowest BCUT2D eigenvalue weighted by molar-refractivity contribution is -0.209. The van der Waals surface area contributed by atoms with Crippen LogP contribution in [0.15, 0.2) is 48.5 Å². The van der Waals surface area contributed by atoms with Gasteiger partial charge in [-0.25, -0.2) is 4.68 Å². The Morgan fingerprint density at radius 2 is 1.10 bits per heavy atom. The van der Waals surface area contributed by atoms with Gasteiger partial charge in [0.2, 0.25) is 23.6 Å². The van der Waals surface area contributed by atoms with Crippen LogP contribution in [0.25, 0.3) is 22.5 Å². The van der Waals surface area contributed by atoms with Crippen LogP contribution >= 0.6 is 6.72 Å². The van der Waals surface area contributed by atoms with Crippen molar-refractivity contribution < 1.29 is 66.3 Å². The van der Waals surface area contributed by atoms with Crippen molar-refractivity contribution in [3.63, 3.8) is 0 Å². The third kappa shape index (κ3) is 29.6. The van der Waals surface area contributed by atoms with E-state index in [-0.39, 0.29) is 55.6 Å². The van der Waals surface area contributed by atoms with E-state index in [1.807, 2.05) is 53.2 Å². The number of aryl methyl sites for hydroxylation is 1. The molecular weight excluding hydrogens is 1070 g/mol. The van der Waals surface area contributed by atoms with Crippen molar-refractivity contribution in [1.29, 1.82) is 0 Å². The van der Waals surface area contributed by atoms with Crippen molar-refractivity contribution in [3.8, 4) is 22.5 Å². The van der Waals surface area contributed by atoms with Gasteiger partial charge in [0.15, 0.2) is 0 Å². The Labute approximate surface area is 478 Å². The Hall–Kier alpha value is -4.33. The van der Waals surface area contributed by atoms with E-state index in [1.54, 1.807) is 18.7 Å². The highest BCUT2D eigenvalue weighted by Crippen LogP contribution is 2.42. The zero-order valence-electron chi connectivity index (χ0n) is 47.8. The average molecular weight is 1160 g/mol. The smallest absolute Gasteiger partial charge is 0.227 e. The second kappa shape index (κ2) is 41.6. The third-order valence-corrected chi connectivity index (χ3v) is 13.9. The summed E-state index contributed by atoms with van der Waals surface area (Å²) in [4.78, 5) is 65.3. The molecule has 0 bridgehead atoms. The molecule has 1 aliphatic rings. The van der Waals surface area contributed by atoms with Gasteiger partial charge in [0.25, 0.3) is 0 Å². The summed E-state index contributed by atoms with van der Waals surface area (Å²) in [5.74, 6) is -0.518. The highest BCUT2D eigenvalue weighted by molar-refractivity contribution is 8.06. The minimum atomic E-state index is -3.43. The van der Waals surface area contributed by atoms with Crippen molar-refractivity contribution in [2.75, 3.05) is 130 Å². The van der Waals surface area contributed by atoms with Crippen LogP contribution in [0.5, 0.6) is 0 Å². The fraction of sp³-hybridized carbons (Fsp3) is 0.679. The zero-order chi connectivity index (χ0) is 57.5. The van der Waals surface area contributed by atoms with E-state index < -0.39 is 6.72 Å². The molecule has 22 nitrogen and oxygen atoms in total. The number of rotatable bonds is 47. The van der Waals surface area contributed by atoms with Crippen LogP contribution in [0.3, 0.4) is 0 Å². The molecule has 1 unspecified atom stereocenters. The quantitative estimate of drug-likeness (QED) is 0.0417. The van der Waals surface area contributed by atoms with Gasteiger partial charge in [0.1, 0.15) is 12.4 Å². The monoisotopic (exact) mass is 1160 g/mol. The van der Waals surface area contributed by atoms with Gasteiger partial charge in [-0.15, -0.1) is 5.10 Å². The molecule has 0 aliphatic carbocycles. The fourth-order valence-corrected chi connectivity index (χ4v) is 9.90. The molecule has 3 aromatic rings. The number of aromatic nitrogens is 3. The number of amides is 4. The topological polar surface area (TPSA) is 256 Å². The van der Waals surface area contributed by atoms with Crippen LogP contribution < -0.4 is 31.1 Å². The fourth-order valence-electron chi connectivity index (χ4n) is 8.23. The lowest BCUT2D eigenvalue weighted by Crippen LogP contribution is -2.34. The van der Waals surface area contributed by atoms with Gasteiger partial charge in [0.05, 0.1) is 123 Å². The molecule has 0 saturated heterocycles. The molecule has 1 aliphatic heterocycles. The molecule has 80 heavy (non-hydrogen) atoms. The first-order valence-electron chi connectivity index (χ1n) is 28.5. The number of nitrogens with one attached hydrogen (secondary N) is 4. The normalized spacial score (nSPS) is 12.9. The molecular formula is C56H90N8O14PS-. The average Bonchev–Trinajstić information content (AvgIpc) is 3.92. The number of para-hydroxylation sites is 1. The molecule has 0 spiro atoms. The van der Waals surface area contributed by atoms with Crippen molar-refractivity contribution in [2.45, 2.75) is 124 Å². The van der Waals surface area contributed by atoms with Gasteiger partial charge in [-0.3, -0.25) is 19.2 Å². The lowest BCUT2D eigenvalue weighted by Gasteiger charge is -2.29. The summed E-state index contributed by atoms with van der Waals surface area (Å²) in [6, 6.07) is 16.0. The number of ether oxygens (including phenoxy) is 7. The highest BCUT2D eigenvalue weighted by atomic mass is 32.5. The van der Waals surface area contributed by atoms with E-state index in [2.05, 4.69) is 45.4 Å². The minimum absolute atomic E-state index is 0.00850. The maximum Gasteiger partial charge on any atom is 0.227 e. The third-order valence-electron chi connectivity index (χ3n) is 12.2. The van der Waals surface area contributed by atoms with E-state index in [0.29, 0.717) is 143 Å². The number of anilines is 1. The molecule has 4 amide bonds. The van der Waals surface area contributed by atoms with Crippen LogP contribution in [0, 0.1) is 0 Å². The van der Waals surface area contributed by atoms with Crippen molar-refractivity contribution in [2.24, 2.45) is 0 Å². The Kier molecular flexibility index (Phi) is 35.5. The molecule has 0 radical (unpaired) electrons. The lowest BCUT2D eigenvalue weighted by atomic mass is 9.95. The Balaban J connectivity index is 1.02. The largest absolute Gasteiger partial charge is 0.780 e. The van der Waals surface area contributed by atoms with Gasteiger partial charge in [0, 0.05) is 75.6 Å². The molecule has 4 N–H and O–H groups in total. The molecule has 0 fully saturated rings. The Bertz CT molecular complexity index is 2260. The van der Waals surface area contributed by atoms with E-state index in [9.17, 15) is 24.1 Å². The van der Waals surface area contributed by atoms with Gasteiger partial charge >= 0.3 is 0 Å². The van der Waals surface area contributed by atoms with Crippen molar-refractivity contribution in [3.05, 3.63) is 54.1 Å². The van der Waals surface area contributed by atoms with Crippen LogP contribution in [0.2, 0.25) is 0 Å². The number of hydrogen-bond acceptors (Lipinski definition) is 18. The summed E-state index contributed by atoms with van der Waals surface area (Å²) >= 11 is 4.89. The predicted molar refractivity (Wildman–Crippen MR) is 307 cm³/mol. The first-order valence-corrected chi connectivity index (χ1v) is 31.0. The van der Waals surface area contributed by atoms with Crippen LogP contribution in [-0.2, 0) is 86.3 Å². The second-order valence-corrected chi connectivity index (χ2v) is 22.2. The number of nitrogens with zero attached hydrogens (tertiary/aromatic N) is 4. The maximum absolute atomic E-state index is 14.1. The molecule has 4 rings (SSSR count). The van der Waals surface area contributed by atoms with Crippen LogP contribution in [0.1, 0.15) is 104 Å². The number of fused-ring (bicyclic) bond motifs is 5. The zero-order valence-corrected chi connectivity index (χ0v) is 49.5. The summed E-state index contributed by atoms with van der Waals surface area (Å²) in [5, 5.41) is 21.2. The SMILES string of the molecule is CC(C)NCCOCCOCCOCCNC(=O)CCOCCOCCOCCOCCNC(=O)CCC(=O)N1Cc2ccccc2-c2nnn(CCCCCC(=O)NCCCCCCOP([O-])(=S)OC(C)C)c2-c2ccccc21. The summed E-state index contributed by atoms with van der Waals surface area (Å²) in [6.07, 6.45) is 6.09. The van der Waals surface area contributed by atoms with Gasteiger partial charge in [-0.1, -0.05) is 92.6 Å². The first kappa shape index (κ1) is 68.2. The number of hydrogen-bond donors (Lipinski definition) is 4. The molecule has 1 aromatic heterocycles. The van der Waals surface area contributed by atoms with E-state index in [4.69, 9.17) is 54.0 Å². The molecule has 1 atom stereocenters. The van der Waals surface area contributed by atoms with Crippen molar-refractivity contribution >= 4 is 47.8 Å². The molecule has 2 aromatic carbocycles. The summed E-state index contributed by atoms with van der Waals surface area (Å²) in [6.45, 7) is 13.4. The number of carbonyl (C=O) groups is 4. The predicted octanol–water partition coefficient (Wildman–Crippen LogP) is 5.24. The van der Waals surface area contributed by atoms with E-state index in [0.717, 1.165) is 79.6 Å². The molecule has 2 heterocycles. The van der Waals surface area contributed by atoms with Gasteiger partial charge in [-0.2, -0.15) is 0 Å². The summed E-state index contributed by atoms with van der Waals surface area (Å²) in [5.41, 5.74) is 4.89. The van der Waals surface area contributed by atoms with Gasteiger partial charge < -0.3 is 73.3 Å². The number of benzene rings is 2. The van der Waals surface area contributed by atoms with E-state index in [1.165, 1.54) is 0 Å². The Morgan fingerprint density at radius 3 is 1.74 bits per heavy atom. The standard InChI is InChI=1S/C56H91N8O14PS/c1-45(2)57-25-31-71-35-39-75-40-36-73-33-27-60-53(67)23-30-70-34-38-74-42-43-76-41-37-72-32-26-59-52(66)21-22-54(68)63-44-47-16-9-10-17-48(47)55-56(49-18-11-12-19-50(49)63)64(62-61-55)28-14-7-8-20-51(65)58-24-13-5-6-15-29-77-79(69,80)78-46(3)4/h9-12,16-19,45-46,57H,5-8,13-15,20-44H2,1-4H3,(H,58,65)(H,59,66)(H,60,67)(H,69,80)/p-1.